The van der Waals surface area contributed by atoms with Crippen molar-refractivity contribution in [3.8, 4) is 0 Å². The van der Waals surface area contributed by atoms with Gasteiger partial charge in [-0.15, -0.1) is 0 Å². The summed E-state index contributed by atoms with van der Waals surface area (Å²) in [7, 11) is 0. The van der Waals surface area contributed by atoms with E-state index in [1.807, 2.05) is 0 Å². The summed E-state index contributed by atoms with van der Waals surface area (Å²) in [5.41, 5.74) is 6.46. The first-order valence-electron chi connectivity index (χ1n) is 5.05. The van der Waals surface area contributed by atoms with Gasteiger partial charge in [-0.3, -0.25) is 0 Å². The summed E-state index contributed by atoms with van der Waals surface area (Å²) >= 11 is 0. The first-order chi connectivity index (χ1) is 6.65. The number of aliphatic hydroxyl groups excluding tert-OH is 1. The summed E-state index contributed by atoms with van der Waals surface area (Å²) in [6.45, 7) is 4.76. The van der Waals surface area contributed by atoms with Gasteiger partial charge in [0, 0.05) is 11.5 Å². The smallest absolute Gasteiger partial charge is 0.0960 e. The number of furan rings is 1. The summed E-state index contributed by atoms with van der Waals surface area (Å²) < 4.78 is 4.93. The van der Waals surface area contributed by atoms with Crippen molar-refractivity contribution in [2.75, 3.05) is 6.54 Å². The maximum atomic E-state index is 9.98. The fourth-order valence-corrected chi connectivity index (χ4v) is 1.67. The SMILES string of the molecule is CC(C)CC(CN)C(O)c1ccoc1. The molecule has 3 nitrogen and oxygen atoms in total. The third-order valence-corrected chi connectivity index (χ3v) is 2.41. The molecule has 2 atom stereocenters. The van der Waals surface area contributed by atoms with E-state index in [0.717, 1.165) is 12.0 Å². The summed E-state index contributed by atoms with van der Waals surface area (Å²) in [6.07, 6.45) is 3.58. The van der Waals surface area contributed by atoms with Gasteiger partial charge in [-0.05, 0) is 24.9 Å². The molecule has 14 heavy (non-hydrogen) atoms. The predicted octanol–water partition coefficient (Wildman–Crippen LogP) is 1.93. The van der Waals surface area contributed by atoms with Gasteiger partial charge in [-0.25, -0.2) is 0 Å². The van der Waals surface area contributed by atoms with Gasteiger partial charge in [0.05, 0.1) is 18.6 Å². The number of hydrogen-bond acceptors (Lipinski definition) is 3. The maximum Gasteiger partial charge on any atom is 0.0960 e. The van der Waals surface area contributed by atoms with Crippen LogP contribution < -0.4 is 5.73 Å². The number of hydrogen-bond donors (Lipinski definition) is 2. The molecule has 0 saturated heterocycles. The minimum absolute atomic E-state index is 0.118. The number of rotatable bonds is 5. The molecule has 3 N–H and O–H groups in total. The molecule has 1 rings (SSSR count). The zero-order valence-electron chi connectivity index (χ0n) is 8.81. The Morgan fingerprint density at radius 2 is 2.21 bits per heavy atom. The largest absolute Gasteiger partial charge is 0.472 e. The van der Waals surface area contributed by atoms with Crippen molar-refractivity contribution >= 4 is 0 Å². The average Bonchev–Trinajstić information content (AvgIpc) is 2.65. The highest BCUT2D eigenvalue weighted by Gasteiger charge is 2.21. The van der Waals surface area contributed by atoms with Crippen molar-refractivity contribution in [3.05, 3.63) is 24.2 Å². The van der Waals surface area contributed by atoms with Gasteiger partial charge in [-0.2, -0.15) is 0 Å². The van der Waals surface area contributed by atoms with Crippen molar-refractivity contribution in [1.29, 1.82) is 0 Å². The predicted molar refractivity (Wildman–Crippen MR) is 55.7 cm³/mol. The molecule has 2 unspecified atom stereocenters. The molecule has 0 aliphatic heterocycles. The lowest BCUT2D eigenvalue weighted by Crippen LogP contribution is -2.23. The Labute approximate surface area is 84.9 Å². The third kappa shape index (κ3) is 2.86. The van der Waals surface area contributed by atoms with Crippen LogP contribution in [-0.4, -0.2) is 11.7 Å². The topological polar surface area (TPSA) is 59.4 Å². The lowest BCUT2D eigenvalue weighted by molar-refractivity contribution is 0.0989. The molecule has 0 radical (unpaired) electrons. The molecule has 0 aliphatic carbocycles. The van der Waals surface area contributed by atoms with E-state index < -0.39 is 6.10 Å². The standard InChI is InChI=1S/C11H19NO2/c1-8(2)5-10(6-12)11(13)9-3-4-14-7-9/h3-4,7-8,10-11,13H,5-6,12H2,1-2H3. The first-order valence-corrected chi connectivity index (χ1v) is 5.05. The molecule has 1 heterocycles. The Morgan fingerprint density at radius 3 is 2.64 bits per heavy atom. The van der Waals surface area contributed by atoms with Crippen molar-refractivity contribution in [2.24, 2.45) is 17.6 Å². The second kappa shape index (κ2) is 5.17. The molecule has 0 spiro atoms. The van der Waals surface area contributed by atoms with Gasteiger partial charge >= 0.3 is 0 Å². The summed E-state index contributed by atoms with van der Waals surface area (Å²) in [5, 5.41) is 9.98. The van der Waals surface area contributed by atoms with Crippen LogP contribution in [0.4, 0.5) is 0 Å². The highest BCUT2D eigenvalue weighted by molar-refractivity contribution is 5.10. The fraction of sp³-hybridized carbons (Fsp3) is 0.636. The van der Waals surface area contributed by atoms with Crippen LogP contribution in [-0.2, 0) is 0 Å². The molecule has 0 aromatic carbocycles. The fourth-order valence-electron chi connectivity index (χ4n) is 1.67. The summed E-state index contributed by atoms with van der Waals surface area (Å²) in [4.78, 5) is 0. The van der Waals surface area contributed by atoms with E-state index in [2.05, 4.69) is 13.8 Å². The van der Waals surface area contributed by atoms with Crippen LogP contribution in [0.3, 0.4) is 0 Å². The monoisotopic (exact) mass is 197 g/mol. The lowest BCUT2D eigenvalue weighted by Gasteiger charge is -2.22. The first kappa shape index (κ1) is 11.3. The summed E-state index contributed by atoms with van der Waals surface area (Å²) in [6, 6.07) is 1.79. The van der Waals surface area contributed by atoms with E-state index in [9.17, 15) is 5.11 Å². The Balaban J connectivity index is 2.60. The van der Waals surface area contributed by atoms with E-state index in [-0.39, 0.29) is 5.92 Å². The minimum atomic E-state index is -0.499. The van der Waals surface area contributed by atoms with Crippen LogP contribution in [0.25, 0.3) is 0 Å². The molecule has 0 bridgehead atoms. The van der Waals surface area contributed by atoms with Crippen LogP contribution in [0.2, 0.25) is 0 Å². The summed E-state index contributed by atoms with van der Waals surface area (Å²) in [5.74, 6) is 0.665. The van der Waals surface area contributed by atoms with E-state index in [1.165, 1.54) is 0 Å². The van der Waals surface area contributed by atoms with Crippen LogP contribution in [0, 0.1) is 11.8 Å². The number of nitrogens with two attached hydrogens (primary N) is 1. The highest BCUT2D eigenvalue weighted by atomic mass is 16.3. The zero-order chi connectivity index (χ0) is 10.6. The molecular formula is C11H19NO2. The molecule has 80 valence electrons. The Morgan fingerprint density at radius 1 is 1.50 bits per heavy atom. The van der Waals surface area contributed by atoms with Gasteiger partial charge < -0.3 is 15.3 Å². The van der Waals surface area contributed by atoms with Crippen LogP contribution in [0.5, 0.6) is 0 Å². The van der Waals surface area contributed by atoms with E-state index in [1.54, 1.807) is 18.6 Å². The minimum Gasteiger partial charge on any atom is -0.472 e. The number of aliphatic hydroxyl groups is 1. The quantitative estimate of drug-likeness (QED) is 0.758. The molecule has 0 amide bonds. The maximum absolute atomic E-state index is 9.98. The highest BCUT2D eigenvalue weighted by Crippen LogP contribution is 2.26. The van der Waals surface area contributed by atoms with Crippen molar-refractivity contribution in [3.63, 3.8) is 0 Å². The molecule has 1 aromatic heterocycles. The van der Waals surface area contributed by atoms with Gasteiger partial charge in [0.25, 0.3) is 0 Å². The second-order valence-corrected chi connectivity index (χ2v) is 4.13. The van der Waals surface area contributed by atoms with E-state index in [0.29, 0.717) is 12.5 Å². The second-order valence-electron chi connectivity index (χ2n) is 4.13. The van der Waals surface area contributed by atoms with Crippen molar-refractivity contribution in [2.45, 2.75) is 26.4 Å². The molecular weight excluding hydrogens is 178 g/mol. The molecule has 3 heteroatoms. The van der Waals surface area contributed by atoms with Crippen molar-refractivity contribution in [1.82, 2.24) is 0 Å². The van der Waals surface area contributed by atoms with Gasteiger partial charge in [0.2, 0.25) is 0 Å². The molecule has 0 fully saturated rings. The van der Waals surface area contributed by atoms with Crippen molar-refractivity contribution < 1.29 is 9.52 Å². The average molecular weight is 197 g/mol. The van der Waals surface area contributed by atoms with Gasteiger partial charge in [-0.1, -0.05) is 13.8 Å². The van der Waals surface area contributed by atoms with E-state index >= 15 is 0 Å². The third-order valence-electron chi connectivity index (χ3n) is 2.41. The Kier molecular flexibility index (Phi) is 4.17. The van der Waals surface area contributed by atoms with Crippen LogP contribution >= 0.6 is 0 Å². The Hall–Kier alpha value is -0.800. The van der Waals surface area contributed by atoms with Gasteiger partial charge in [0.1, 0.15) is 0 Å². The van der Waals surface area contributed by atoms with Gasteiger partial charge in [0.15, 0.2) is 0 Å². The normalized spacial score (nSPS) is 15.8. The zero-order valence-corrected chi connectivity index (χ0v) is 8.81. The molecule has 0 aliphatic rings. The molecule has 1 aromatic rings. The van der Waals surface area contributed by atoms with E-state index in [4.69, 9.17) is 10.2 Å². The van der Waals surface area contributed by atoms with Crippen LogP contribution in [0.1, 0.15) is 31.9 Å². The Bertz CT molecular complexity index is 244. The lowest BCUT2D eigenvalue weighted by atomic mass is 9.89. The molecule has 0 saturated carbocycles. The van der Waals surface area contributed by atoms with Crippen LogP contribution in [0.15, 0.2) is 23.0 Å².